The average Bonchev–Trinajstić information content (AvgIpc) is 2.63. The molecule has 1 aliphatic carbocycles. The summed E-state index contributed by atoms with van der Waals surface area (Å²) >= 11 is 1.87. The highest BCUT2D eigenvalue weighted by atomic mass is 32.1. The minimum absolute atomic E-state index is 0.605. The molecule has 2 heteroatoms. The Morgan fingerprint density at radius 3 is 2.75 bits per heavy atom. The van der Waals surface area contributed by atoms with Gasteiger partial charge in [0.15, 0.2) is 0 Å². The van der Waals surface area contributed by atoms with Crippen molar-refractivity contribution < 1.29 is 0 Å². The second kappa shape index (κ2) is 5.83. The summed E-state index contributed by atoms with van der Waals surface area (Å²) in [7, 11) is 0. The minimum Gasteiger partial charge on any atom is -0.311 e. The first kappa shape index (κ1) is 12.1. The minimum atomic E-state index is 0.605. The molecule has 90 valence electrons. The molecule has 0 bridgehead atoms. The number of hydrogen-bond donors (Lipinski definition) is 1. The smallest absolute Gasteiger partial charge is 0.00894 e. The molecule has 0 aromatic carbocycles. The van der Waals surface area contributed by atoms with Gasteiger partial charge >= 0.3 is 0 Å². The fourth-order valence-electron chi connectivity index (χ4n) is 2.57. The van der Waals surface area contributed by atoms with Gasteiger partial charge in [0.05, 0.1) is 0 Å². The highest BCUT2D eigenvalue weighted by molar-refractivity contribution is 7.09. The van der Waals surface area contributed by atoms with Gasteiger partial charge in [0.2, 0.25) is 0 Å². The zero-order chi connectivity index (χ0) is 11.4. The molecule has 0 radical (unpaired) electrons. The maximum atomic E-state index is 3.72. The van der Waals surface area contributed by atoms with Gasteiger partial charge in [0.1, 0.15) is 0 Å². The second-order valence-electron chi connectivity index (χ2n) is 5.28. The van der Waals surface area contributed by atoms with Crippen LogP contribution in [-0.2, 0) is 6.42 Å². The van der Waals surface area contributed by atoms with Crippen LogP contribution in [0, 0.1) is 5.92 Å². The van der Waals surface area contributed by atoms with E-state index >= 15 is 0 Å². The fourth-order valence-corrected chi connectivity index (χ4v) is 3.41. The summed E-state index contributed by atoms with van der Waals surface area (Å²) in [6.45, 7) is 4.64. The van der Waals surface area contributed by atoms with E-state index in [-0.39, 0.29) is 0 Å². The van der Waals surface area contributed by atoms with Crippen molar-refractivity contribution in [2.24, 2.45) is 5.92 Å². The Labute approximate surface area is 103 Å². The lowest BCUT2D eigenvalue weighted by Crippen LogP contribution is -2.37. The van der Waals surface area contributed by atoms with Crippen molar-refractivity contribution in [3.63, 3.8) is 0 Å². The third kappa shape index (κ3) is 3.60. The van der Waals surface area contributed by atoms with Crippen LogP contribution >= 0.6 is 11.3 Å². The predicted octanol–water partition coefficient (Wildman–Crippen LogP) is 3.85. The fraction of sp³-hybridized carbons (Fsp3) is 0.714. The van der Waals surface area contributed by atoms with E-state index in [2.05, 4.69) is 36.7 Å². The second-order valence-corrected chi connectivity index (χ2v) is 6.32. The quantitative estimate of drug-likeness (QED) is 0.792. The summed E-state index contributed by atoms with van der Waals surface area (Å²) in [4.78, 5) is 1.50. The Morgan fingerprint density at radius 1 is 1.38 bits per heavy atom. The lowest BCUT2D eigenvalue weighted by Gasteiger charge is -2.30. The van der Waals surface area contributed by atoms with Crippen molar-refractivity contribution in [3.8, 4) is 0 Å². The SMILES string of the molecule is CC(Cc1cccs1)NC(C)CC1CCC1. The predicted molar refractivity (Wildman–Crippen MR) is 72.0 cm³/mol. The standard InChI is InChI=1S/C14H23NS/c1-11(9-13-5-3-6-13)15-12(2)10-14-7-4-8-16-14/h4,7-8,11-13,15H,3,5-6,9-10H2,1-2H3. The maximum Gasteiger partial charge on any atom is 0.00894 e. The summed E-state index contributed by atoms with van der Waals surface area (Å²) in [5.74, 6) is 1.01. The first-order valence-corrected chi connectivity index (χ1v) is 7.40. The molecular formula is C14H23NS. The summed E-state index contributed by atoms with van der Waals surface area (Å²) in [5, 5.41) is 5.89. The van der Waals surface area contributed by atoms with Crippen molar-refractivity contribution in [1.29, 1.82) is 0 Å². The van der Waals surface area contributed by atoms with Crippen LogP contribution in [0.5, 0.6) is 0 Å². The van der Waals surface area contributed by atoms with E-state index in [9.17, 15) is 0 Å². The van der Waals surface area contributed by atoms with Crippen LogP contribution in [0.2, 0.25) is 0 Å². The molecule has 0 saturated heterocycles. The van der Waals surface area contributed by atoms with E-state index < -0.39 is 0 Å². The van der Waals surface area contributed by atoms with E-state index in [4.69, 9.17) is 0 Å². The van der Waals surface area contributed by atoms with Crippen molar-refractivity contribution >= 4 is 11.3 Å². The molecule has 0 aliphatic heterocycles. The lowest BCUT2D eigenvalue weighted by molar-refractivity contribution is 0.259. The number of rotatable bonds is 6. The van der Waals surface area contributed by atoms with Gasteiger partial charge in [-0.15, -0.1) is 11.3 Å². The molecular weight excluding hydrogens is 214 g/mol. The normalized spacial score (nSPS) is 20.4. The molecule has 1 saturated carbocycles. The monoisotopic (exact) mass is 237 g/mol. The first-order valence-electron chi connectivity index (χ1n) is 6.52. The number of nitrogens with one attached hydrogen (secondary N) is 1. The van der Waals surface area contributed by atoms with Gasteiger partial charge in [-0.2, -0.15) is 0 Å². The van der Waals surface area contributed by atoms with Crippen molar-refractivity contribution in [2.45, 2.75) is 58.0 Å². The van der Waals surface area contributed by atoms with E-state index in [0.29, 0.717) is 12.1 Å². The van der Waals surface area contributed by atoms with Gasteiger partial charge in [0, 0.05) is 17.0 Å². The van der Waals surface area contributed by atoms with E-state index in [1.807, 2.05) is 11.3 Å². The molecule has 1 fully saturated rings. The zero-order valence-electron chi connectivity index (χ0n) is 10.4. The van der Waals surface area contributed by atoms with Crippen LogP contribution in [0.3, 0.4) is 0 Å². The van der Waals surface area contributed by atoms with Crippen LogP contribution in [0.25, 0.3) is 0 Å². The van der Waals surface area contributed by atoms with E-state index in [1.165, 1.54) is 37.0 Å². The topological polar surface area (TPSA) is 12.0 Å². The molecule has 1 nitrogen and oxygen atoms in total. The Morgan fingerprint density at radius 2 is 2.19 bits per heavy atom. The van der Waals surface area contributed by atoms with Gasteiger partial charge in [-0.05, 0) is 44.1 Å². The molecule has 0 amide bonds. The summed E-state index contributed by atoms with van der Waals surface area (Å²) in [6, 6.07) is 5.67. The van der Waals surface area contributed by atoms with Gasteiger partial charge in [-0.25, -0.2) is 0 Å². The Balaban J connectivity index is 1.67. The highest BCUT2D eigenvalue weighted by Crippen LogP contribution is 2.30. The molecule has 1 aromatic rings. The third-order valence-electron chi connectivity index (χ3n) is 3.57. The van der Waals surface area contributed by atoms with E-state index in [1.54, 1.807) is 0 Å². The van der Waals surface area contributed by atoms with Crippen LogP contribution in [0.1, 0.15) is 44.4 Å². The van der Waals surface area contributed by atoms with Gasteiger partial charge in [0.25, 0.3) is 0 Å². The maximum absolute atomic E-state index is 3.72. The third-order valence-corrected chi connectivity index (χ3v) is 4.47. The average molecular weight is 237 g/mol. The molecule has 1 aromatic heterocycles. The Hall–Kier alpha value is -0.340. The molecule has 2 atom stereocenters. The van der Waals surface area contributed by atoms with Crippen molar-refractivity contribution in [1.82, 2.24) is 5.32 Å². The van der Waals surface area contributed by atoms with Crippen molar-refractivity contribution in [3.05, 3.63) is 22.4 Å². The number of thiophene rings is 1. The molecule has 2 rings (SSSR count). The zero-order valence-corrected chi connectivity index (χ0v) is 11.2. The molecule has 0 spiro atoms. The Bertz CT molecular complexity index is 290. The first-order chi connectivity index (χ1) is 7.74. The highest BCUT2D eigenvalue weighted by Gasteiger charge is 2.20. The summed E-state index contributed by atoms with van der Waals surface area (Å²) < 4.78 is 0. The molecule has 2 unspecified atom stereocenters. The Kier molecular flexibility index (Phi) is 4.42. The summed E-state index contributed by atoms with van der Waals surface area (Å²) in [5.41, 5.74) is 0. The van der Waals surface area contributed by atoms with Crippen LogP contribution < -0.4 is 5.32 Å². The molecule has 1 N–H and O–H groups in total. The molecule has 1 aliphatic rings. The van der Waals surface area contributed by atoms with Gasteiger partial charge < -0.3 is 5.32 Å². The van der Waals surface area contributed by atoms with Crippen LogP contribution in [0.15, 0.2) is 17.5 Å². The summed E-state index contributed by atoms with van der Waals surface area (Å²) in [6.07, 6.45) is 6.93. The lowest BCUT2D eigenvalue weighted by atomic mass is 9.81. The van der Waals surface area contributed by atoms with E-state index in [0.717, 1.165) is 5.92 Å². The van der Waals surface area contributed by atoms with Crippen LogP contribution in [0.4, 0.5) is 0 Å². The largest absolute Gasteiger partial charge is 0.311 e. The van der Waals surface area contributed by atoms with Crippen LogP contribution in [-0.4, -0.2) is 12.1 Å². The number of hydrogen-bond acceptors (Lipinski definition) is 2. The molecule has 1 heterocycles. The van der Waals surface area contributed by atoms with Crippen molar-refractivity contribution in [2.75, 3.05) is 0 Å². The van der Waals surface area contributed by atoms with Gasteiger partial charge in [-0.3, -0.25) is 0 Å². The molecule has 16 heavy (non-hydrogen) atoms. The van der Waals surface area contributed by atoms with Gasteiger partial charge in [-0.1, -0.05) is 25.3 Å².